The second-order valence-electron chi connectivity index (χ2n) is 8.75. The first-order valence-corrected chi connectivity index (χ1v) is 11.8. The van der Waals surface area contributed by atoms with Gasteiger partial charge in [0, 0.05) is 12.4 Å². The minimum Gasteiger partial charge on any atom is -0.495 e. The van der Waals surface area contributed by atoms with Gasteiger partial charge in [-0.3, -0.25) is 4.79 Å². The molecule has 3 N–H and O–H groups in total. The zero-order chi connectivity index (χ0) is 24.4. The van der Waals surface area contributed by atoms with Crippen LogP contribution in [0.2, 0.25) is 0 Å². The number of hydrogen-bond donors (Lipinski definition) is 3. The summed E-state index contributed by atoms with van der Waals surface area (Å²) in [4.78, 5) is 24.7. The maximum atomic E-state index is 12.8. The summed E-state index contributed by atoms with van der Waals surface area (Å²) < 4.78 is 11.2. The van der Waals surface area contributed by atoms with E-state index in [0.717, 1.165) is 48.3 Å². The van der Waals surface area contributed by atoms with Crippen LogP contribution in [0.4, 0.5) is 11.5 Å². The van der Waals surface area contributed by atoms with Gasteiger partial charge in [-0.25, -0.2) is 9.97 Å². The smallest absolute Gasteiger partial charge is 0.259 e. The molecule has 4 heterocycles. The molecule has 0 unspecified atom stereocenters. The monoisotopic (exact) mass is 471 g/mol. The van der Waals surface area contributed by atoms with Crippen LogP contribution in [0.25, 0.3) is 22.0 Å². The highest BCUT2D eigenvalue weighted by atomic mass is 16.5. The standard InChI is InChI=1S/C27H29N5O3/c1-16-13-22(23(34-2)15-20(16)17-6-10-28-11-7-17)32-25-24-18(8-12-29-26(24)33)14-21(31-25)19-5-4-9-30-27(19)35-3/h4-5,8-9,12-15,17,28H,6-7,10-11H2,1-3H3,(H,29,33)(H,31,32). The largest absolute Gasteiger partial charge is 0.495 e. The third kappa shape index (κ3) is 4.44. The highest BCUT2D eigenvalue weighted by Gasteiger charge is 2.21. The Morgan fingerprint density at radius 2 is 1.91 bits per heavy atom. The fourth-order valence-corrected chi connectivity index (χ4v) is 4.86. The summed E-state index contributed by atoms with van der Waals surface area (Å²) in [7, 11) is 3.24. The lowest BCUT2D eigenvalue weighted by Gasteiger charge is -2.26. The highest BCUT2D eigenvalue weighted by Crippen LogP contribution is 2.38. The second kappa shape index (κ2) is 9.76. The van der Waals surface area contributed by atoms with Crippen LogP contribution in [0.5, 0.6) is 11.6 Å². The van der Waals surface area contributed by atoms with E-state index in [2.05, 4.69) is 39.7 Å². The fraction of sp³-hybridized carbons (Fsp3) is 0.296. The van der Waals surface area contributed by atoms with Crippen molar-refractivity contribution in [3.63, 3.8) is 0 Å². The molecule has 0 bridgehead atoms. The molecule has 4 aromatic rings. The second-order valence-corrected chi connectivity index (χ2v) is 8.75. The van der Waals surface area contributed by atoms with Crippen LogP contribution in [0.3, 0.4) is 0 Å². The van der Waals surface area contributed by atoms with Crippen LogP contribution >= 0.6 is 0 Å². The zero-order valence-corrected chi connectivity index (χ0v) is 20.1. The molecule has 8 nitrogen and oxygen atoms in total. The SMILES string of the molecule is COc1cc(C2CCNCC2)c(C)cc1Nc1nc(-c2cccnc2OC)cc2cc[nH]c(=O)c12. The number of nitrogens with zero attached hydrogens (tertiary/aromatic N) is 2. The van der Waals surface area contributed by atoms with Crippen LogP contribution in [-0.4, -0.2) is 42.3 Å². The lowest BCUT2D eigenvalue weighted by Crippen LogP contribution is -2.27. The number of hydrogen-bond acceptors (Lipinski definition) is 7. The van der Waals surface area contributed by atoms with E-state index in [4.69, 9.17) is 14.5 Å². The van der Waals surface area contributed by atoms with Gasteiger partial charge >= 0.3 is 0 Å². The van der Waals surface area contributed by atoms with E-state index in [9.17, 15) is 4.79 Å². The molecule has 1 aromatic carbocycles. The van der Waals surface area contributed by atoms with Gasteiger partial charge in [0.15, 0.2) is 0 Å². The summed E-state index contributed by atoms with van der Waals surface area (Å²) in [5.41, 5.74) is 4.42. The van der Waals surface area contributed by atoms with E-state index in [1.54, 1.807) is 26.6 Å². The Balaban J connectivity index is 1.63. The summed E-state index contributed by atoms with van der Waals surface area (Å²) in [6, 6.07) is 11.7. The van der Waals surface area contributed by atoms with E-state index in [0.29, 0.717) is 28.7 Å². The molecule has 0 radical (unpaired) electrons. The number of benzene rings is 1. The van der Waals surface area contributed by atoms with E-state index in [1.165, 1.54) is 11.1 Å². The molecule has 180 valence electrons. The molecule has 1 fully saturated rings. The number of aromatic amines is 1. The van der Waals surface area contributed by atoms with Crippen LogP contribution in [0, 0.1) is 6.92 Å². The molecule has 0 amide bonds. The number of pyridine rings is 3. The predicted octanol–water partition coefficient (Wildman–Crippen LogP) is 4.52. The summed E-state index contributed by atoms with van der Waals surface area (Å²) in [5.74, 6) is 2.13. The van der Waals surface area contributed by atoms with E-state index < -0.39 is 0 Å². The molecule has 1 saturated heterocycles. The third-order valence-corrected chi connectivity index (χ3v) is 6.61. The van der Waals surface area contributed by atoms with E-state index in [1.807, 2.05) is 24.3 Å². The Morgan fingerprint density at radius 1 is 1.09 bits per heavy atom. The minimum absolute atomic E-state index is 0.218. The average Bonchev–Trinajstić information content (AvgIpc) is 2.89. The number of methoxy groups -OCH3 is 2. The van der Waals surface area contributed by atoms with Gasteiger partial charge in [-0.15, -0.1) is 0 Å². The van der Waals surface area contributed by atoms with E-state index in [-0.39, 0.29) is 5.56 Å². The van der Waals surface area contributed by atoms with Gasteiger partial charge in [0.1, 0.15) is 11.6 Å². The number of piperidine rings is 1. The highest BCUT2D eigenvalue weighted by molar-refractivity contribution is 5.95. The Labute approximate surface area is 203 Å². The van der Waals surface area contributed by atoms with Gasteiger partial charge in [0.25, 0.3) is 5.56 Å². The Kier molecular flexibility index (Phi) is 6.37. The molecule has 35 heavy (non-hydrogen) atoms. The number of aromatic nitrogens is 3. The molecule has 0 spiro atoms. The molecule has 0 aliphatic carbocycles. The molecule has 0 saturated carbocycles. The van der Waals surface area contributed by atoms with Gasteiger partial charge in [0.05, 0.1) is 36.6 Å². The number of fused-ring (bicyclic) bond motifs is 1. The van der Waals surface area contributed by atoms with Crippen molar-refractivity contribution in [2.45, 2.75) is 25.7 Å². The summed E-state index contributed by atoms with van der Waals surface area (Å²) in [6.45, 7) is 4.17. The maximum absolute atomic E-state index is 12.8. The van der Waals surface area contributed by atoms with Crippen molar-refractivity contribution >= 4 is 22.3 Å². The Morgan fingerprint density at radius 3 is 2.69 bits per heavy atom. The van der Waals surface area contributed by atoms with Gasteiger partial charge in [-0.05, 0) is 91.7 Å². The number of H-pyrrole nitrogens is 1. The first kappa shape index (κ1) is 22.9. The lowest BCUT2D eigenvalue weighted by atomic mass is 9.87. The van der Waals surface area contributed by atoms with Gasteiger partial charge in [-0.1, -0.05) is 0 Å². The molecular formula is C27H29N5O3. The van der Waals surface area contributed by atoms with Gasteiger partial charge in [0.2, 0.25) is 5.88 Å². The molecule has 0 atom stereocenters. The average molecular weight is 472 g/mol. The van der Waals surface area contributed by atoms with Crippen LogP contribution in [0.1, 0.15) is 29.9 Å². The van der Waals surface area contributed by atoms with Crippen LogP contribution in [0.15, 0.2) is 53.6 Å². The fourth-order valence-electron chi connectivity index (χ4n) is 4.86. The number of nitrogens with one attached hydrogen (secondary N) is 3. The van der Waals surface area contributed by atoms with Crippen molar-refractivity contribution in [1.82, 2.24) is 20.3 Å². The number of ether oxygens (including phenoxy) is 2. The van der Waals surface area contributed by atoms with Gasteiger partial charge in [-0.2, -0.15) is 0 Å². The topological polar surface area (TPSA) is 101 Å². The predicted molar refractivity (Wildman–Crippen MR) is 138 cm³/mol. The van der Waals surface area contributed by atoms with Crippen molar-refractivity contribution < 1.29 is 9.47 Å². The number of aryl methyl sites for hydroxylation is 1. The molecular weight excluding hydrogens is 442 g/mol. The Bertz CT molecular complexity index is 1430. The molecule has 3 aromatic heterocycles. The van der Waals surface area contributed by atoms with Crippen molar-refractivity contribution in [2.24, 2.45) is 0 Å². The molecule has 1 aliphatic rings. The van der Waals surface area contributed by atoms with E-state index >= 15 is 0 Å². The normalized spacial score (nSPS) is 14.1. The summed E-state index contributed by atoms with van der Waals surface area (Å²) >= 11 is 0. The molecule has 1 aliphatic heterocycles. The quantitative estimate of drug-likeness (QED) is 0.380. The first-order chi connectivity index (χ1) is 17.1. The van der Waals surface area contributed by atoms with Crippen molar-refractivity contribution in [3.8, 4) is 22.9 Å². The lowest BCUT2D eigenvalue weighted by molar-refractivity contribution is 0.399. The van der Waals surface area contributed by atoms with Crippen molar-refractivity contribution in [3.05, 3.63) is 70.3 Å². The van der Waals surface area contributed by atoms with Crippen molar-refractivity contribution in [1.29, 1.82) is 0 Å². The first-order valence-electron chi connectivity index (χ1n) is 11.8. The zero-order valence-electron chi connectivity index (χ0n) is 20.1. The van der Waals surface area contributed by atoms with Crippen LogP contribution < -0.4 is 25.7 Å². The van der Waals surface area contributed by atoms with Gasteiger partial charge < -0.3 is 25.1 Å². The Hall–Kier alpha value is -3.91. The molecule has 5 rings (SSSR count). The third-order valence-electron chi connectivity index (χ3n) is 6.61. The van der Waals surface area contributed by atoms with Crippen molar-refractivity contribution in [2.75, 3.05) is 32.6 Å². The summed E-state index contributed by atoms with van der Waals surface area (Å²) in [5, 5.41) is 8.06. The molecule has 8 heteroatoms. The minimum atomic E-state index is -0.218. The summed E-state index contributed by atoms with van der Waals surface area (Å²) in [6.07, 6.45) is 5.52. The van der Waals surface area contributed by atoms with Crippen LogP contribution in [-0.2, 0) is 0 Å². The number of rotatable bonds is 6. The maximum Gasteiger partial charge on any atom is 0.259 e. The number of anilines is 2.